The molecule has 3 aromatic rings. The third-order valence-electron chi connectivity index (χ3n) is 4.35. The molecule has 0 radical (unpaired) electrons. The minimum atomic E-state index is -0.275. The molecule has 7 heteroatoms. The Labute approximate surface area is 143 Å². The highest BCUT2D eigenvalue weighted by atomic mass is 16.2. The molecular formula is C18H17N5O2. The van der Waals surface area contributed by atoms with Gasteiger partial charge in [-0.3, -0.25) is 14.2 Å². The van der Waals surface area contributed by atoms with Crippen LogP contribution in [0.2, 0.25) is 0 Å². The van der Waals surface area contributed by atoms with Gasteiger partial charge < -0.3 is 5.32 Å². The fourth-order valence-electron chi connectivity index (χ4n) is 3.05. The van der Waals surface area contributed by atoms with Gasteiger partial charge in [0.05, 0.1) is 23.8 Å². The molecule has 25 heavy (non-hydrogen) atoms. The Kier molecular flexibility index (Phi) is 3.97. The van der Waals surface area contributed by atoms with Gasteiger partial charge in [0.1, 0.15) is 12.4 Å². The second-order valence-electron chi connectivity index (χ2n) is 6.08. The van der Waals surface area contributed by atoms with Crippen LogP contribution < -0.4 is 10.9 Å². The molecule has 1 aliphatic carbocycles. The number of rotatable bonds is 4. The first-order valence-electron chi connectivity index (χ1n) is 8.25. The Morgan fingerprint density at radius 2 is 2.08 bits per heavy atom. The van der Waals surface area contributed by atoms with Crippen molar-refractivity contribution >= 4 is 16.8 Å². The molecule has 1 aliphatic rings. The second kappa shape index (κ2) is 6.43. The number of amides is 1. The molecule has 2 aromatic heterocycles. The lowest BCUT2D eigenvalue weighted by molar-refractivity contribution is -0.121. The summed E-state index contributed by atoms with van der Waals surface area (Å²) in [5.74, 6) is 0.321. The highest BCUT2D eigenvalue weighted by Gasteiger charge is 2.14. The molecule has 0 saturated heterocycles. The number of para-hydroxylation sites is 1. The number of aryl methyl sites for hydroxylation is 2. The smallest absolute Gasteiger partial charge is 0.261 e. The summed E-state index contributed by atoms with van der Waals surface area (Å²) in [5, 5.41) is 3.26. The number of fused-ring (bicyclic) bond motifs is 2. The molecule has 1 N–H and O–H groups in total. The predicted octanol–water partition coefficient (Wildman–Crippen LogP) is 0.992. The summed E-state index contributed by atoms with van der Waals surface area (Å²) in [5.41, 5.74) is 2.67. The van der Waals surface area contributed by atoms with E-state index in [1.807, 2.05) is 12.3 Å². The Morgan fingerprint density at radius 1 is 1.20 bits per heavy atom. The van der Waals surface area contributed by atoms with Crippen LogP contribution >= 0.6 is 0 Å². The normalized spacial score (nSPS) is 13.0. The van der Waals surface area contributed by atoms with Gasteiger partial charge in [-0.05, 0) is 37.0 Å². The van der Waals surface area contributed by atoms with Gasteiger partial charge in [-0.15, -0.1) is 0 Å². The summed E-state index contributed by atoms with van der Waals surface area (Å²) in [6, 6.07) is 7.08. The summed E-state index contributed by atoms with van der Waals surface area (Å²) in [7, 11) is 0. The number of carbonyl (C=O) groups is 1. The summed E-state index contributed by atoms with van der Waals surface area (Å²) in [4.78, 5) is 37.5. The Hall–Kier alpha value is -3.09. The standard InChI is InChI=1S/C18H17N5O2/c24-17(20-9-16-19-8-12-4-3-7-14(12)22-16)10-23-11-21-15-6-2-1-5-13(15)18(23)25/h1-2,5-6,8,11H,3-4,7,9-10H2,(H,20,24). The van der Waals surface area contributed by atoms with E-state index in [2.05, 4.69) is 20.3 Å². The average molecular weight is 335 g/mol. The van der Waals surface area contributed by atoms with Crippen molar-refractivity contribution in [3.05, 3.63) is 64.2 Å². The van der Waals surface area contributed by atoms with Gasteiger partial charge >= 0.3 is 0 Å². The van der Waals surface area contributed by atoms with Crippen molar-refractivity contribution in [2.45, 2.75) is 32.4 Å². The van der Waals surface area contributed by atoms with Gasteiger partial charge in [0.25, 0.3) is 5.56 Å². The number of hydrogen-bond acceptors (Lipinski definition) is 5. The van der Waals surface area contributed by atoms with Crippen molar-refractivity contribution in [2.24, 2.45) is 0 Å². The maximum absolute atomic E-state index is 12.4. The van der Waals surface area contributed by atoms with E-state index < -0.39 is 0 Å². The highest BCUT2D eigenvalue weighted by Crippen LogP contribution is 2.18. The molecule has 126 valence electrons. The fourth-order valence-corrected chi connectivity index (χ4v) is 3.05. The monoisotopic (exact) mass is 335 g/mol. The van der Waals surface area contributed by atoms with E-state index in [0.717, 1.165) is 25.0 Å². The van der Waals surface area contributed by atoms with E-state index >= 15 is 0 Å². The van der Waals surface area contributed by atoms with Gasteiger partial charge in [-0.2, -0.15) is 0 Å². The molecule has 0 bridgehead atoms. The summed E-state index contributed by atoms with van der Waals surface area (Å²) >= 11 is 0. The van der Waals surface area contributed by atoms with Crippen molar-refractivity contribution in [2.75, 3.05) is 0 Å². The van der Waals surface area contributed by atoms with Crippen LogP contribution in [0.15, 0.2) is 41.6 Å². The number of hydrogen-bond donors (Lipinski definition) is 1. The molecular weight excluding hydrogens is 318 g/mol. The van der Waals surface area contributed by atoms with Crippen molar-refractivity contribution in [1.82, 2.24) is 24.8 Å². The Balaban J connectivity index is 1.44. The van der Waals surface area contributed by atoms with Crippen molar-refractivity contribution in [3.63, 3.8) is 0 Å². The van der Waals surface area contributed by atoms with Crippen LogP contribution in [-0.2, 0) is 30.7 Å². The van der Waals surface area contributed by atoms with Crippen LogP contribution in [0.5, 0.6) is 0 Å². The van der Waals surface area contributed by atoms with Crippen LogP contribution in [0.1, 0.15) is 23.5 Å². The SMILES string of the molecule is O=C(Cn1cnc2ccccc2c1=O)NCc1ncc2c(n1)CCC2. The van der Waals surface area contributed by atoms with Gasteiger partial charge in [0.2, 0.25) is 5.91 Å². The summed E-state index contributed by atoms with van der Waals surface area (Å²) in [6.45, 7) is 0.170. The number of aromatic nitrogens is 4. The lowest BCUT2D eigenvalue weighted by Crippen LogP contribution is -2.32. The van der Waals surface area contributed by atoms with Crippen LogP contribution in [0, 0.1) is 0 Å². The largest absolute Gasteiger partial charge is 0.347 e. The summed E-state index contributed by atoms with van der Waals surface area (Å²) in [6.07, 6.45) is 6.35. The van der Waals surface area contributed by atoms with E-state index in [9.17, 15) is 9.59 Å². The molecule has 1 aromatic carbocycles. The Morgan fingerprint density at radius 3 is 3.00 bits per heavy atom. The third kappa shape index (κ3) is 3.13. The molecule has 7 nitrogen and oxygen atoms in total. The first kappa shape index (κ1) is 15.4. The van der Waals surface area contributed by atoms with Crippen molar-refractivity contribution in [1.29, 1.82) is 0 Å². The van der Waals surface area contributed by atoms with Gasteiger partial charge in [0, 0.05) is 11.9 Å². The van der Waals surface area contributed by atoms with E-state index in [-0.39, 0.29) is 24.6 Å². The van der Waals surface area contributed by atoms with E-state index in [0.29, 0.717) is 16.7 Å². The molecule has 0 unspecified atom stereocenters. The molecule has 0 fully saturated rings. The summed E-state index contributed by atoms with van der Waals surface area (Å²) < 4.78 is 1.31. The van der Waals surface area contributed by atoms with Gasteiger partial charge in [0.15, 0.2) is 0 Å². The minimum Gasteiger partial charge on any atom is -0.347 e. The predicted molar refractivity (Wildman–Crippen MR) is 91.9 cm³/mol. The van der Waals surface area contributed by atoms with Crippen molar-refractivity contribution in [3.8, 4) is 0 Å². The lowest BCUT2D eigenvalue weighted by atomic mass is 10.2. The number of nitrogens with zero attached hydrogens (tertiary/aromatic N) is 4. The zero-order chi connectivity index (χ0) is 17.2. The zero-order valence-corrected chi connectivity index (χ0v) is 13.6. The Bertz CT molecular complexity index is 1010. The van der Waals surface area contributed by atoms with Gasteiger partial charge in [-0.25, -0.2) is 15.0 Å². The molecule has 0 atom stereocenters. The van der Waals surface area contributed by atoms with E-state index in [1.54, 1.807) is 18.2 Å². The van der Waals surface area contributed by atoms with Crippen LogP contribution in [0.25, 0.3) is 10.9 Å². The molecule has 0 aliphatic heterocycles. The van der Waals surface area contributed by atoms with Crippen LogP contribution in [0.4, 0.5) is 0 Å². The minimum absolute atomic E-state index is 0.0817. The van der Waals surface area contributed by atoms with Crippen LogP contribution in [0.3, 0.4) is 0 Å². The topological polar surface area (TPSA) is 89.8 Å². The quantitative estimate of drug-likeness (QED) is 0.768. The maximum Gasteiger partial charge on any atom is 0.261 e. The van der Waals surface area contributed by atoms with Gasteiger partial charge in [-0.1, -0.05) is 12.1 Å². The maximum atomic E-state index is 12.4. The molecule has 0 saturated carbocycles. The molecule has 2 heterocycles. The fraction of sp³-hybridized carbons (Fsp3) is 0.278. The molecule has 0 spiro atoms. The second-order valence-corrected chi connectivity index (χ2v) is 6.08. The van der Waals surface area contributed by atoms with Crippen molar-refractivity contribution < 1.29 is 4.79 Å². The number of benzene rings is 1. The zero-order valence-electron chi connectivity index (χ0n) is 13.6. The molecule has 4 rings (SSSR count). The first-order chi connectivity index (χ1) is 12.2. The average Bonchev–Trinajstić information content (AvgIpc) is 3.10. The molecule has 1 amide bonds. The third-order valence-corrected chi connectivity index (χ3v) is 4.35. The number of carbonyl (C=O) groups excluding carboxylic acids is 1. The van der Waals surface area contributed by atoms with Crippen LogP contribution in [-0.4, -0.2) is 25.4 Å². The number of nitrogens with one attached hydrogen (secondary N) is 1. The first-order valence-corrected chi connectivity index (χ1v) is 8.25. The van der Waals surface area contributed by atoms with E-state index in [1.165, 1.54) is 16.5 Å². The highest BCUT2D eigenvalue weighted by molar-refractivity contribution is 5.78. The lowest BCUT2D eigenvalue weighted by Gasteiger charge is -2.08. The van der Waals surface area contributed by atoms with E-state index in [4.69, 9.17) is 0 Å².